The zero-order valence-corrected chi connectivity index (χ0v) is 13.0. The third-order valence-electron chi connectivity index (χ3n) is 4.03. The maximum absolute atomic E-state index is 12.1. The van der Waals surface area contributed by atoms with E-state index in [0.717, 1.165) is 26.1 Å². The summed E-state index contributed by atoms with van der Waals surface area (Å²) in [6.45, 7) is 3.20. The van der Waals surface area contributed by atoms with Crippen LogP contribution >= 0.6 is 0 Å². The third-order valence-corrected chi connectivity index (χ3v) is 4.03. The molecule has 1 amide bonds. The molecule has 1 saturated carbocycles. The van der Waals surface area contributed by atoms with Gasteiger partial charge in [-0.3, -0.25) is 9.69 Å². The summed E-state index contributed by atoms with van der Waals surface area (Å²) < 4.78 is 0. The predicted molar refractivity (Wildman–Crippen MR) is 85.8 cm³/mol. The number of nitrogens with zero attached hydrogens (tertiary/aromatic N) is 2. The van der Waals surface area contributed by atoms with E-state index in [-0.39, 0.29) is 5.91 Å². The zero-order valence-electron chi connectivity index (χ0n) is 13.0. The molecule has 0 atom stereocenters. The number of nitrogens with two attached hydrogens (primary N) is 1. The molecule has 4 heteroatoms. The fourth-order valence-corrected chi connectivity index (χ4v) is 2.53. The van der Waals surface area contributed by atoms with Gasteiger partial charge in [-0.1, -0.05) is 30.3 Å². The van der Waals surface area contributed by atoms with Crippen LogP contribution in [0.25, 0.3) is 0 Å². The molecule has 21 heavy (non-hydrogen) atoms. The lowest BCUT2D eigenvalue weighted by molar-refractivity contribution is -0.130. The van der Waals surface area contributed by atoms with Gasteiger partial charge in [0, 0.05) is 39.1 Å². The monoisotopic (exact) mass is 289 g/mol. The van der Waals surface area contributed by atoms with Crippen LogP contribution in [0, 0.1) is 0 Å². The summed E-state index contributed by atoms with van der Waals surface area (Å²) in [7, 11) is 1.87. The van der Waals surface area contributed by atoms with E-state index >= 15 is 0 Å². The molecule has 1 aromatic rings. The fourth-order valence-electron chi connectivity index (χ4n) is 2.53. The van der Waals surface area contributed by atoms with Crippen molar-refractivity contribution in [1.29, 1.82) is 0 Å². The minimum atomic E-state index is 0.224. The normalized spacial score (nSPS) is 14.4. The Bertz CT molecular complexity index is 431. The maximum Gasteiger partial charge on any atom is 0.223 e. The first-order chi connectivity index (χ1) is 10.2. The highest BCUT2D eigenvalue weighted by Gasteiger charge is 2.29. The Balaban J connectivity index is 1.79. The average Bonchev–Trinajstić information content (AvgIpc) is 3.34. The molecule has 116 valence electrons. The molecular formula is C17H27N3O. The number of benzene rings is 1. The Kier molecular flexibility index (Phi) is 6.21. The van der Waals surface area contributed by atoms with E-state index in [1.165, 1.54) is 18.4 Å². The van der Waals surface area contributed by atoms with Gasteiger partial charge in [0.15, 0.2) is 0 Å². The topological polar surface area (TPSA) is 49.6 Å². The van der Waals surface area contributed by atoms with E-state index in [9.17, 15) is 4.79 Å². The molecule has 1 aliphatic carbocycles. The van der Waals surface area contributed by atoms with Gasteiger partial charge in [-0.05, 0) is 31.4 Å². The van der Waals surface area contributed by atoms with Crippen molar-refractivity contribution in [3.05, 3.63) is 35.9 Å². The van der Waals surface area contributed by atoms with Crippen LogP contribution in [-0.2, 0) is 11.3 Å². The van der Waals surface area contributed by atoms with Crippen molar-refractivity contribution >= 4 is 5.91 Å². The molecule has 0 unspecified atom stereocenters. The van der Waals surface area contributed by atoms with Crippen LogP contribution in [0.5, 0.6) is 0 Å². The van der Waals surface area contributed by atoms with E-state index in [1.54, 1.807) is 4.90 Å². The standard InChI is InChI=1S/C17H27N3O/c1-19(12-5-11-18)17(21)10-13-20(16-8-9-16)14-15-6-3-2-4-7-15/h2-4,6-7,16H,5,8-14,18H2,1H3. The molecule has 2 N–H and O–H groups in total. The summed E-state index contributed by atoms with van der Waals surface area (Å²) in [6.07, 6.45) is 4.01. The molecule has 1 aliphatic rings. The summed E-state index contributed by atoms with van der Waals surface area (Å²) in [4.78, 5) is 16.4. The maximum atomic E-state index is 12.1. The van der Waals surface area contributed by atoms with Gasteiger partial charge in [-0.15, -0.1) is 0 Å². The average molecular weight is 289 g/mol. The summed E-state index contributed by atoms with van der Waals surface area (Å²) in [5.41, 5.74) is 6.81. The lowest BCUT2D eigenvalue weighted by Gasteiger charge is -2.23. The van der Waals surface area contributed by atoms with Gasteiger partial charge in [0.1, 0.15) is 0 Å². The first-order valence-electron chi connectivity index (χ1n) is 7.92. The molecule has 1 fully saturated rings. The van der Waals surface area contributed by atoms with E-state index in [4.69, 9.17) is 5.73 Å². The van der Waals surface area contributed by atoms with Crippen molar-refractivity contribution in [2.75, 3.05) is 26.7 Å². The number of hydrogen-bond donors (Lipinski definition) is 1. The van der Waals surface area contributed by atoms with Crippen LogP contribution in [0.2, 0.25) is 0 Å². The smallest absolute Gasteiger partial charge is 0.223 e. The van der Waals surface area contributed by atoms with Crippen molar-refractivity contribution in [2.45, 2.75) is 38.3 Å². The van der Waals surface area contributed by atoms with Crippen LogP contribution < -0.4 is 5.73 Å². The van der Waals surface area contributed by atoms with Crippen molar-refractivity contribution in [3.8, 4) is 0 Å². The second-order valence-electron chi connectivity index (χ2n) is 5.89. The molecular weight excluding hydrogens is 262 g/mol. The Labute approximate surface area is 127 Å². The molecule has 0 spiro atoms. The lowest BCUT2D eigenvalue weighted by atomic mass is 10.2. The van der Waals surface area contributed by atoms with Crippen molar-refractivity contribution in [3.63, 3.8) is 0 Å². The summed E-state index contributed by atoms with van der Waals surface area (Å²) in [5.74, 6) is 0.224. The van der Waals surface area contributed by atoms with Gasteiger partial charge in [-0.25, -0.2) is 0 Å². The minimum Gasteiger partial charge on any atom is -0.346 e. The van der Waals surface area contributed by atoms with Gasteiger partial charge in [0.2, 0.25) is 5.91 Å². The molecule has 4 nitrogen and oxygen atoms in total. The number of amides is 1. The van der Waals surface area contributed by atoms with Gasteiger partial charge in [0.25, 0.3) is 0 Å². The summed E-state index contributed by atoms with van der Waals surface area (Å²) in [6, 6.07) is 11.2. The number of carbonyl (C=O) groups excluding carboxylic acids is 1. The molecule has 0 saturated heterocycles. The number of carbonyl (C=O) groups is 1. The first kappa shape index (κ1) is 16.0. The Hall–Kier alpha value is -1.39. The lowest BCUT2D eigenvalue weighted by Crippen LogP contribution is -2.34. The van der Waals surface area contributed by atoms with Crippen molar-refractivity contribution in [2.24, 2.45) is 5.73 Å². The minimum absolute atomic E-state index is 0.224. The molecule has 0 aliphatic heterocycles. The zero-order chi connectivity index (χ0) is 15.1. The molecule has 0 aromatic heterocycles. The predicted octanol–water partition coefficient (Wildman–Crippen LogP) is 1.85. The molecule has 1 aromatic carbocycles. The molecule has 0 bridgehead atoms. The van der Waals surface area contributed by atoms with Gasteiger partial charge in [-0.2, -0.15) is 0 Å². The number of hydrogen-bond acceptors (Lipinski definition) is 3. The van der Waals surface area contributed by atoms with Crippen LogP contribution in [0.3, 0.4) is 0 Å². The largest absolute Gasteiger partial charge is 0.346 e. The third kappa shape index (κ3) is 5.48. The molecule has 2 rings (SSSR count). The van der Waals surface area contributed by atoms with Crippen LogP contribution in [0.4, 0.5) is 0 Å². The highest BCUT2D eigenvalue weighted by Crippen LogP contribution is 2.28. The summed E-state index contributed by atoms with van der Waals surface area (Å²) in [5, 5.41) is 0. The highest BCUT2D eigenvalue weighted by molar-refractivity contribution is 5.76. The van der Waals surface area contributed by atoms with Crippen molar-refractivity contribution < 1.29 is 4.79 Å². The van der Waals surface area contributed by atoms with Gasteiger partial charge >= 0.3 is 0 Å². The first-order valence-corrected chi connectivity index (χ1v) is 7.92. The van der Waals surface area contributed by atoms with Gasteiger partial charge < -0.3 is 10.6 Å². The summed E-state index contributed by atoms with van der Waals surface area (Å²) >= 11 is 0. The fraction of sp³-hybridized carbons (Fsp3) is 0.588. The molecule has 0 radical (unpaired) electrons. The van der Waals surface area contributed by atoms with Crippen LogP contribution in [0.1, 0.15) is 31.2 Å². The Morgan fingerprint density at radius 3 is 2.57 bits per heavy atom. The van der Waals surface area contributed by atoms with E-state index in [1.807, 2.05) is 13.1 Å². The van der Waals surface area contributed by atoms with Gasteiger partial charge in [0.05, 0.1) is 0 Å². The van der Waals surface area contributed by atoms with E-state index in [2.05, 4.69) is 29.2 Å². The molecule has 0 heterocycles. The second kappa shape index (κ2) is 8.15. The van der Waals surface area contributed by atoms with E-state index < -0.39 is 0 Å². The van der Waals surface area contributed by atoms with Crippen LogP contribution in [0.15, 0.2) is 30.3 Å². The van der Waals surface area contributed by atoms with E-state index in [0.29, 0.717) is 19.0 Å². The SMILES string of the molecule is CN(CCCN)C(=O)CCN(Cc1ccccc1)C1CC1. The van der Waals surface area contributed by atoms with Crippen LogP contribution in [-0.4, -0.2) is 48.4 Å². The van der Waals surface area contributed by atoms with Crippen molar-refractivity contribution in [1.82, 2.24) is 9.80 Å². The quantitative estimate of drug-likeness (QED) is 0.755. The Morgan fingerprint density at radius 1 is 1.24 bits per heavy atom. The number of rotatable bonds is 9. The second-order valence-corrected chi connectivity index (χ2v) is 5.89. The Morgan fingerprint density at radius 2 is 1.95 bits per heavy atom. The highest BCUT2D eigenvalue weighted by atomic mass is 16.2.